The minimum absolute atomic E-state index is 0.00366. The third-order valence-corrected chi connectivity index (χ3v) is 5.82. The van der Waals surface area contributed by atoms with Crippen LogP contribution < -0.4 is 10.2 Å². The van der Waals surface area contributed by atoms with Crippen LogP contribution in [0.15, 0.2) is 22.6 Å². The molecule has 9 heteroatoms. The summed E-state index contributed by atoms with van der Waals surface area (Å²) in [5, 5.41) is 12.0. The first kappa shape index (κ1) is 17.5. The van der Waals surface area contributed by atoms with Gasteiger partial charge < -0.3 is 19.2 Å². The molecule has 0 unspecified atom stereocenters. The second-order valence-corrected chi connectivity index (χ2v) is 7.81. The zero-order valence-electron chi connectivity index (χ0n) is 15.4. The number of oxazole rings is 1. The number of aryl methyl sites for hydroxylation is 1. The molecule has 8 nitrogen and oxygen atoms in total. The molecule has 4 heterocycles. The Labute approximate surface area is 166 Å². The number of nitrogens with one attached hydrogen (secondary N) is 1. The van der Waals surface area contributed by atoms with Gasteiger partial charge in [0.15, 0.2) is 11.4 Å². The highest BCUT2D eigenvalue weighted by molar-refractivity contribution is 6.31. The number of halogens is 1. The van der Waals surface area contributed by atoms with E-state index in [0.29, 0.717) is 23.2 Å². The average Bonchev–Trinajstić information content (AvgIpc) is 3.42. The summed E-state index contributed by atoms with van der Waals surface area (Å²) >= 11 is 6.01. The van der Waals surface area contributed by atoms with Crippen molar-refractivity contribution in [1.82, 2.24) is 25.1 Å². The number of hydrogen-bond acceptors (Lipinski definition) is 6. The molecule has 0 radical (unpaired) electrons. The van der Waals surface area contributed by atoms with Gasteiger partial charge in [-0.3, -0.25) is 4.79 Å². The second kappa shape index (κ2) is 7.09. The van der Waals surface area contributed by atoms with Crippen LogP contribution in [-0.4, -0.2) is 38.7 Å². The maximum absolute atomic E-state index is 12.6. The van der Waals surface area contributed by atoms with E-state index in [4.69, 9.17) is 16.0 Å². The fourth-order valence-electron chi connectivity index (χ4n) is 4.01. The normalized spacial score (nSPS) is 17.2. The van der Waals surface area contributed by atoms with Gasteiger partial charge in [-0.05, 0) is 31.4 Å². The molecule has 1 saturated heterocycles. The van der Waals surface area contributed by atoms with Crippen LogP contribution in [-0.2, 0) is 24.3 Å². The predicted molar refractivity (Wildman–Crippen MR) is 104 cm³/mol. The molecule has 1 aromatic carbocycles. The number of amides is 1. The van der Waals surface area contributed by atoms with Crippen LogP contribution in [0.25, 0.3) is 11.1 Å². The van der Waals surface area contributed by atoms with Crippen molar-refractivity contribution >= 4 is 34.6 Å². The Bertz CT molecular complexity index is 1020. The first-order valence-corrected chi connectivity index (χ1v) is 10.0. The summed E-state index contributed by atoms with van der Waals surface area (Å²) in [6.07, 6.45) is 3.61. The maximum Gasteiger partial charge on any atom is 0.298 e. The molecule has 28 heavy (non-hydrogen) atoms. The molecule has 2 aromatic heterocycles. The van der Waals surface area contributed by atoms with E-state index in [1.165, 1.54) is 0 Å². The van der Waals surface area contributed by atoms with Gasteiger partial charge in [-0.1, -0.05) is 11.6 Å². The number of piperidine rings is 1. The van der Waals surface area contributed by atoms with Crippen molar-refractivity contribution in [1.29, 1.82) is 0 Å². The molecule has 2 aliphatic heterocycles. The largest absolute Gasteiger partial charge is 0.423 e. The third-order valence-electron chi connectivity index (χ3n) is 5.58. The number of carbonyl (C=O) groups excluding carboxylic acids is 1. The van der Waals surface area contributed by atoms with Crippen LogP contribution >= 0.6 is 11.6 Å². The van der Waals surface area contributed by atoms with Crippen LogP contribution in [0.4, 0.5) is 6.01 Å². The molecule has 1 N–H and O–H groups in total. The van der Waals surface area contributed by atoms with E-state index in [1.54, 1.807) is 12.1 Å². The van der Waals surface area contributed by atoms with Gasteiger partial charge in [0.25, 0.3) is 6.01 Å². The molecule has 0 saturated carbocycles. The molecule has 1 fully saturated rings. The summed E-state index contributed by atoms with van der Waals surface area (Å²) in [5.74, 6) is 1.95. The van der Waals surface area contributed by atoms with E-state index in [0.717, 1.165) is 62.5 Å². The van der Waals surface area contributed by atoms with E-state index in [1.807, 2.05) is 6.07 Å². The lowest BCUT2D eigenvalue weighted by Gasteiger charge is -2.30. The van der Waals surface area contributed by atoms with E-state index in [9.17, 15) is 4.79 Å². The Kier molecular flexibility index (Phi) is 4.43. The molecule has 0 spiro atoms. The highest BCUT2D eigenvalue weighted by Crippen LogP contribution is 2.28. The van der Waals surface area contributed by atoms with Crippen molar-refractivity contribution in [2.75, 3.05) is 18.0 Å². The van der Waals surface area contributed by atoms with Gasteiger partial charge >= 0.3 is 0 Å². The Morgan fingerprint density at radius 3 is 2.96 bits per heavy atom. The minimum Gasteiger partial charge on any atom is -0.423 e. The number of fused-ring (bicyclic) bond motifs is 2. The topological polar surface area (TPSA) is 89.1 Å². The first-order chi connectivity index (χ1) is 13.7. The average molecular weight is 401 g/mol. The quantitative estimate of drug-likeness (QED) is 0.724. The van der Waals surface area contributed by atoms with Crippen molar-refractivity contribution in [2.45, 2.75) is 38.8 Å². The maximum atomic E-state index is 12.6. The monoisotopic (exact) mass is 400 g/mol. The summed E-state index contributed by atoms with van der Waals surface area (Å²) in [7, 11) is 0. The molecule has 1 amide bonds. The molecule has 5 rings (SSSR count). The van der Waals surface area contributed by atoms with Crippen molar-refractivity contribution in [3.8, 4) is 0 Å². The van der Waals surface area contributed by atoms with Crippen LogP contribution in [0, 0.1) is 5.92 Å². The van der Waals surface area contributed by atoms with Gasteiger partial charge in [-0.2, -0.15) is 4.98 Å². The van der Waals surface area contributed by atoms with Gasteiger partial charge in [0.05, 0.1) is 6.54 Å². The van der Waals surface area contributed by atoms with E-state index < -0.39 is 0 Å². The summed E-state index contributed by atoms with van der Waals surface area (Å²) in [6.45, 7) is 2.86. The zero-order chi connectivity index (χ0) is 19.1. The van der Waals surface area contributed by atoms with Gasteiger partial charge in [-0.25, -0.2) is 0 Å². The van der Waals surface area contributed by atoms with Crippen LogP contribution in [0.2, 0.25) is 5.02 Å². The van der Waals surface area contributed by atoms with Crippen molar-refractivity contribution in [2.24, 2.45) is 5.92 Å². The van der Waals surface area contributed by atoms with Crippen molar-refractivity contribution in [3.63, 3.8) is 0 Å². The second-order valence-electron chi connectivity index (χ2n) is 7.38. The lowest BCUT2D eigenvalue weighted by atomic mass is 9.96. The van der Waals surface area contributed by atoms with Gasteiger partial charge in [-0.15, -0.1) is 10.2 Å². The van der Waals surface area contributed by atoms with Gasteiger partial charge in [0, 0.05) is 43.1 Å². The SMILES string of the molecule is O=C(NCc1nnc2n1CCC2)C1CCN(c2nc3ccc(Cl)cc3o2)CC1. The van der Waals surface area contributed by atoms with E-state index in [-0.39, 0.29) is 11.8 Å². The number of rotatable bonds is 4. The molecule has 2 aliphatic rings. The zero-order valence-corrected chi connectivity index (χ0v) is 16.2. The number of hydrogen-bond donors (Lipinski definition) is 1. The Morgan fingerprint density at radius 1 is 1.25 bits per heavy atom. The van der Waals surface area contributed by atoms with E-state index >= 15 is 0 Å². The lowest BCUT2D eigenvalue weighted by Crippen LogP contribution is -2.40. The third kappa shape index (κ3) is 3.22. The Balaban J connectivity index is 1.17. The molecular formula is C19H21ClN6O2. The number of carbonyl (C=O) groups is 1. The standard InChI is InChI=1S/C19H21ClN6O2/c20-13-3-4-14-15(10-13)28-19(22-14)25-8-5-12(6-9-25)18(27)21-11-17-24-23-16-2-1-7-26(16)17/h3-4,10,12H,1-2,5-9,11H2,(H,21,27). The summed E-state index contributed by atoms with van der Waals surface area (Å²) in [5.41, 5.74) is 1.48. The molecule has 0 bridgehead atoms. The van der Waals surface area contributed by atoms with E-state index in [2.05, 4.69) is 30.0 Å². The number of nitrogens with zero attached hydrogens (tertiary/aromatic N) is 5. The lowest BCUT2D eigenvalue weighted by molar-refractivity contribution is -0.125. The van der Waals surface area contributed by atoms with Crippen molar-refractivity contribution in [3.05, 3.63) is 34.9 Å². The fraction of sp³-hybridized carbons (Fsp3) is 0.474. The minimum atomic E-state index is -0.00366. The summed E-state index contributed by atoms with van der Waals surface area (Å²) < 4.78 is 7.95. The number of benzene rings is 1. The molecule has 146 valence electrons. The predicted octanol–water partition coefficient (Wildman–Crippen LogP) is 2.55. The summed E-state index contributed by atoms with van der Waals surface area (Å²) in [4.78, 5) is 19.2. The highest BCUT2D eigenvalue weighted by atomic mass is 35.5. The van der Waals surface area contributed by atoms with Gasteiger partial charge in [0.2, 0.25) is 5.91 Å². The number of anilines is 1. The smallest absolute Gasteiger partial charge is 0.298 e. The number of aromatic nitrogens is 4. The Hall–Kier alpha value is -2.61. The van der Waals surface area contributed by atoms with Crippen LogP contribution in [0.3, 0.4) is 0 Å². The van der Waals surface area contributed by atoms with Gasteiger partial charge in [0.1, 0.15) is 11.3 Å². The van der Waals surface area contributed by atoms with Crippen LogP contribution in [0.1, 0.15) is 30.9 Å². The van der Waals surface area contributed by atoms with Crippen LogP contribution in [0.5, 0.6) is 0 Å². The molecule has 3 aromatic rings. The highest BCUT2D eigenvalue weighted by Gasteiger charge is 2.27. The van der Waals surface area contributed by atoms with Crippen molar-refractivity contribution < 1.29 is 9.21 Å². The fourth-order valence-corrected chi connectivity index (χ4v) is 4.17. The summed E-state index contributed by atoms with van der Waals surface area (Å²) in [6, 6.07) is 6.02. The molecule has 0 atom stereocenters. The Morgan fingerprint density at radius 2 is 2.11 bits per heavy atom. The molecule has 0 aliphatic carbocycles. The first-order valence-electron chi connectivity index (χ1n) is 9.67. The molecular weight excluding hydrogens is 380 g/mol.